The van der Waals surface area contributed by atoms with Crippen molar-refractivity contribution in [3.05, 3.63) is 70.7 Å². The standard InChI is InChI=1S/C18H13ClFNO3/c1-2-24-10-14-12-5-3-4-6-13(12)17(22)21(18(14)23)16-8-7-11(20)9-15(16)19/h3-10H,2H2,1H3. The molecule has 6 heteroatoms. The summed E-state index contributed by atoms with van der Waals surface area (Å²) >= 11 is 6.04. The summed E-state index contributed by atoms with van der Waals surface area (Å²) in [4.78, 5) is 26.6. The molecule has 122 valence electrons. The van der Waals surface area contributed by atoms with E-state index in [0.717, 1.165) is 17.0 Å². The molecule has 1 aliphatic rings. The lowest BCUT2D eigenvalue weighted by Crippen LogP contribution is -2.42. The summed E-state index contributed by atoms with van der Waals surface area (Å²) in [5.41, 5.74) is 1.22. The maximum atomic E-state index is 13.3. The van der Waals surface area contributed by atoms with Crippen molar-refractivity contribution in [2.45, 2.75) is 6.92 Å². The molecule has 0 aliphatic carbocycles. The number of imide groups is 1. The predicted octanol–water partition coefficient (Wildman–Crippen LogP) is 4.04. The molecule has 2 amide bonds. The van der Waals surface area contributed by atoms with Crippen molar-refractivity contribution in [2.75, 3.05) is 11.5 Å². The maximum absolute atomic E-state index is 13.3. The van der Waals surface area contributed by atoms with E-state index in [1.54, 1.807) is 31.2 Å². The van der Waals surface area contributed by atoms with Crippen molar-refractivity contribution in [3.63, 3.8) is 0 Å². The topological polar surface area (TPSA) is 46.6 Å². The molecule has 0 N–H and O–H groups in total. The van der Waals surface area contributed by atoms with E-state index in [2.05, 4.69) is 0 Å². The Morgan fingerprint density at radius 2 is 1.83 bits per heavy atom. The van der Waals surface area contributed by atoms with Gasteiger partial charge in [0.1, 0.15) is 5.82 Å². The Morgan fingerprint density at radius 1 is 1.12 bits per heavy atom. The molecule has 0 bridgehead atoms. The zero-order valence-corrected chi connectivity index (χ0v) is 13.5. The van der Waals surface area contributed by atoms with E-state index in [0.29, 0.717) is 17.7 Å². The van der Waals surface area contributed by atoms with Crippen LogP contribution in [-0.4, -0.2) is 18.4 Å². The highest BCUT2D eigenvalue weighted by Crippen LogP contribution is 2.35. The Kier molecular flexibility index (Phi) is 4.36. The zero-order valence-electron chi connectivity index (χ0n) is 12.8. The van der Waals surface area contributed by atoms with Gasteiger partial charge in [-0.05, 0) is 31.2 Å². The third kappa shape index (κ3) is 2.67. The van der Waals surface area contributed by atoms with E-state index in [1.165, 1.54) is 12.3 Å². The molecule has 4 nitrogen and oxygen atoms in total. The van der Waals surface area contributed by atoms with Crippen LogP contribution in [0.25, 0.3) is 5.57 Å². The molecule has 0 spiro atoms. The van der Waals surface area contributed by atoms with E-state index in [4.69, 9.17) is 16.3 Å². The molecule has 0 saturated carbocycles. The van der Waals surface area contributed by atoms with E-state index in [-0.39, 0.29) is 16.3 Å². The van der Waals surface area contributed by atoms with Crippen molar-refractivity contribution in [3.8, 4) is 0 Å². The number of amides is 2. The second kappa shape index (κ2) is 6.45. The van der Waals surface area contributed by atoms with Crippen LogP contribution in [0.4, 0.5) is 10.1 Å². The summed E-state index contributed by atoms with van der Waals surface area (Å²) in [7, 11) is 0. The molecular formula is C18H13ClFNO3. The quantitative estimate of drug-likeness (QED) is 0.479. The van der Waals surface area contributed by atoms with Crippen LogP contribution in [0.15, 0.2) is 48.7 Å². The number of hydrogen-bond acceptors (Lipinski definition) is 3. The van der Waals surface area contributed by atoms with Gasteiger partial charge in [-0.2, -0.15) is 0 Å². The first-order valence-electron chi connectivity index (χ1n) is 7.29. The van der Waals surface area contributed by atoms with Crippen LogP contribution in [0.5, 0.6) is 0 Å². The van der Waals surface area contributed by atoms with Crippen molar-refractivity contribution < 1.29 is 18.7 Å². The second-order valence-corrected chi connectivity index (χ2v) is 5.48. The first-order valence-corrected chi connectivity index (χ1v) is 7.67. The molecule has 1 heterocycles. The highest BCUT2D eigenvalue weighted by atomic mass is 35.5. The van der Waals surface area contributed by atoms with E-state index < -0.39 is 17.6 Å². The van der Waals surface area contributed by atoms with Gasteiger partial charge in [-0.15, -0.1) is 0 Å². The number of carbonyl (C=O) groups excluding carboxylic acids is 2. The second-order valence-electron chi connectivity index (χ2n) is 5.07. The van der Waals surface area contributed by atoms with Crippen molar-refractivity contribution in [1.82, 2.24) is 0 Å². The molecule has 24 heavy (non-hydrogen) atoms. The van der Waals surface area contributed by atoms with Crippen LogP contribution in [-0.2, 0) is 9.53 Å². The summed E-state index contributed by atoms with van der Waals surface area (Å²) < 4.78 is 18.5. The predicted molar refractivity (Wildman–Crippen MR) is 89.3 cm³/mol. The van der Waals surface area contributed by atoms with Gasteiger partial charge in [0.15, 0.2) is 0 Å². The molecule has 3 rings (SSSR count). The van der Waals surface area contributed by atoms with Gasteiger partial charge in [0, 0.05) is 11.1 Å². The summed E-state index contributed by atoms with van der Waals surface area (Å²) in [5.74, 6) is -1.63. The average Bonchev–Trinajstić information content (AvgIpc) is 2.57. The van der Waals surface area contributed by atoms with Crippen LogP contribution in [0, 0.1) is 5.82 Å². The third-order valence-electron chi connectivity index (χ3n) is 3.60. The maximum Gasteiger partial charge on any atom is 0.269 e. The van der Waals surface area contributed by atoms with Gasteiger partial charge in [-0.1, -0.05) is 29.8 Å². The molecular weight excluding hydrogens is 333 g/mol. The Balaban J connectivity index is 2.18. The largest absolute Gasteiger partial charge is 0.501 e. The first-order chi connectivity index (χ1) is 11.5. The minimum Gasteiger partial charge on any atom is -0.501 e. The fourth-order valence-corrected chi connectivity index (χ4v) is 2.77. The fraction of sp³-hybridized carbons (Fsp3) is 0.111. The Morgan fingerprint density at radius 3 is 2.50 bits per heavy atom. The van der Waals surface area contributed by atoms with Crippen LogP contribution < -0.4 is 4.90 Å². The average molecular weight is 346 g/mol. The fourth-order valence-electron chi connectivity index (χ4n) is 2.51. The van der Waals surface area contributed by atoms with Gasteiger partial charge < -0.3 is 4.74 Å². The molecule has 2 aromatic carbocycles. The van der Waals surface area contributed by atoms with E-state index in [9.17, 15) is 14.0 Å². The summed E-state index contributed by atoms with van der Waals surface area (Å²) in [6.07, 6.45) is 1.33. The highest BCUT2D eigenvalue weighted by molar-refractivity contribution is 6.43. The van der Waals surface area contributed by atoms with Crippen LogP contribution >= 0.6 is 11.6 Å². The van der Waals surface area contributed by atoms with Gasteiger partial charge in [0.25, 0.3) is 11.8 Å². The molecule has 0 saturated heterocycles. The number of ether oxygens (including phenoxy) is 1. The highest BCUT2D eigenvalue weighted by Gasteiger charge is 2.37. The first kappa shape index (κ1) is 16.2. The van der Waals surface area contributed by atoms with Crippen molar-refractivity contribution in [1.29, 1.82) is 0 Å². The SMILES string of the molecule is CCOC=C1C(=O)N(c2ccc(F)cc2Cl)C(=O)c2ccccc21. The Bertz CT molecular complexity index is 863. The smallest absolute Gasteiger partial charge is 0.269 e. The number of halogens is 2. The van der Waals surface area contributed by atoms with Gasteiger partial charge in [-0.3, -0.25) is 9.59 Å². The number of rotatable bonds is 3. The van der Waals surface area contributed by atoms with Gasteiger partial charge >= 0.3 is 0 Å². The normalized spacial score (nSPS) is 15.6. The van der Waals surface area contributed by atoms with Gasteiger partial charge in [0.2, 0.25) is 0 Å². The minimum absolute atomic E-state index is 0.0214. The molecule has 0 aromatic heterocycles. The molecule has 0 radical (unpaired) electrons. The van der Waals surface area contributed by atoms with Gasteiger partial charge in [-0.25, -0.2) is 9.29 Å². The van der Waals surface area contributed by atoms with E-state index >= 15 is 0 Å². The van der Waals surface area contributed by atoms with Crippen LogP contribution in [0.1, 0.15) is 22.8 Å². The Labute approximate surface area is 143 Å². The monoisotopic (exact) mass is 345 g/mol. The van der Waals surface area contributed by atoms with Gasteiger partial charge in [0.05, 0.1) is 29.2 Å². The number of anilines is 1. The lowest BCUT2D eigenvalue weighted by Gasteiger charge is -2.29. The lowest BCUT2D eigenvalue weighted by atomic mass is 9.94. The van der Waals surface area contributed by atoms with Crippen molar-refractivity contribution in [2.24, 2.45) is 0 Å². The van der Waals surface area contributed by atoms with Crippen LogP contribution in [0.2, 0.25) is 5.02 Å². The van der Waals surface area contributed by atoms with Crippen molar-refractivity contribution >= 4 is 34.7 Å². The number of hydrogen-bond donors (Lipinski definition) is 0. The Hall–Kier alpha value is -2.66. The number of nitrogens with zero attached hydrogens (tertiary/aromatic N) is 1. The summed E-state index contributed by atoms with van der Waals surface area (Å²) in [5, 5.41) is -0.0214. The molecule has 0 unspecified atom stereocenters. The van der Waals surface area contributed by atoms with E-state index in [1.807, 2.05) is 0 Å². The lowest BCUT2D eigenvalue weighted by molar-refractivity contribution is -0.113. The molecule has 0 fully saturated rings. The summed E-state index contributed by atoms with van der Waals surface area (Å²) in [6.45, 7) is 2.17. The number of carbonyl (C=O) groups is 2. The zero-order chi connectivity index (χ0) is 17.3. The van der Waals surface area contributed by atoms with Crippen LogP contribution in [0.3, 0.4) is 0 Å². The minimum atomic E-state index is -0.569. The number of benzene rings is 2. The third-order valence-corrected chi connectivity index (χ3v) is 3.91. The molecule has 0 atom stereocenters. The molecule has 2 aromatic rings. The number of fused-ring (bicyclic) bond motifs is 1. The molecule has 1 aliphatic heterocycles. The summed E-state index contributed by atoms with van der Waals surface area (Å²) in [6, 6.07) is 10.3.